The average molecular weight is 165 g/mol. The molecule has 1 saturated heterocycles. The van der Waals surface area contributed by atoms with Crippen molar-refractivity contribution in [3.05, 3.63) is 0 Å². The van der Waals surface area contributed by atoms with Crippen LogP contribution in [-0.4, -0.2) is 16.7 Å². The van der Waals surface area contributed by atoms with Crippen molar-refractivity contribution in [3.63, 3.8) is 0 Å². The highest BCUT2D eigenvalue weighted by molar-refractivity contribution is 7.80. The molecular formula is C5H9ClN2S. The van der Waals surface area contributed by atoms with E-state index < -0.39 is 0 Å². The molecule has 0 spiro atoms. The number of thiocarbonyl (C=S) groups is 1. The van der Waals surface area contributed by atoms with Crippen LogP contribution in [-0.2, 0) is 0 Å². The van der Waals surface area contributed by atoms with Crippen LogP contribution < -0.4 is 10.6 Å². The number of hydrogen-bond acceptors (Lipinski definition) is 1. The number of halogens is 1. The Morgan fingerprint density at radius 3 is 2.78 bits per heavy atom. The summed E-state index contributed by atoms with van der Waals surface area (Å²) >= 11 is 10.6. The topological polar surface area (TPSA) is 24.1 Å². The normalized spacial score (nSPS) is 35.1. The second-order valence-electron chi connectivity index (χ2n) is 2.22. The second kappa shape index (κ2) is 2.71. The van der Waals surface area contributed by atoms with Gasteiger partial charge in [-0.2, -0.15) is 0 Å². The van der Waals surface area contributed by atoms with Gasteiger partial charge in [-0.15, -0.1) is 0 Å². The van der Waals surface area contributed by atoms with Gasteiger partial charge in [0.15, 0.2) is 5.11 Å². The lowest BCUT2D eigenvalue weighted by Crippen LogP contribution is -2.51. The third-order valence-electron chi connectivity index (χ3n) is 1.23. The van der Waals surface area contributed by atoms with E-state index in [-0.39, 0.29) is 5.50 Å². The van der Waals surface area contributed by atoms with Gasteiger partial charge in [0.05, 0.1) is 0 Å². The van der Waals surface area contributed by atoms with Gasteiger partial charge in [0.25, 0.3) is 0 Å². The third kappa shape index (κ3) is 1.99. The predicted molar refractivity (Wildman–Crippen MR) is 42.6 cm³/mol. The van der Waals surface area contributed by atoms with Crippen LogP contribution in [0.3, 0.4) is 0 Å². The average Bonchev–Trinajstić information content (AvgIpc) is 1.59. The summed E-state index contributed by atoms with van der Waals surface area (Å²) < 4.78 is 0. The molecule has 0 aromatic carbocycles. The molecular weight excluding hydrogens is 156 g/mol. The highest BCUT2D eigenvalue weighted by Gasteiger charge is 2.17. The molecule has 52 valence electrons. The lowest BCUT2D eigenvalue weighted by molar-refractivity contribution is 0.523. The fourth-order valence-corrected chi connectivity index (χ4v) is 1.62. The van der Waals surface area contributed by atoms with Crippen LogP contribution in [0, 0.1) is 0 Å². The first kappa shape index (κ1) is 7.09. The van der Waals surface area contributed by atoms with E-state index in [1.807, 2.05) is 0 Å². The van der Waals surface area contributed by atoms with E-state index in [9.17, 15) is 0 Å². The van der Waals surface area contributed by atoms with E-state index in [0.29, 0.717) is 11.2 Å². The first-order valence-electron chi connectivity index (χ1n) is 2.89. The predicted octanol–water partition coefficient (Wildman–Crippen LogP) is 0.808. The number of hydrogen-bond donors (Lipinski definition) is 2. The second-order valence-corrected chi connectivity index (χ2v) is 3.16. The quantitative estimate of drug-likeness (QED) is 0.315. The summed E-state index contributed by atoms with van der Waals surface area (Å²) in [7, 11) is 0. The Kier molecular flexibility index (Phi) is 2.13. The lowest BCUT2D eigenvalue weighted by atomic mass is 10.2. The Morgan fingerprint density at radius 2 is 2.33 bits per heavy atom. The zero-order valence-electron chi connectivity index (χ0n) is 5.15. The van der Waals surface area contributed by atoms with Crippen molar-refractivity contribution in [1.82, 2.24) is 10.6 Å². The van der Waals surface area contributed by atoms with Crippen LogP contribution in [0.4, 0.5) is 0 Å². The molecule has 0 aromatic heterocycles. The van der Waals surface area contributed by atoms with Crippen LogP contribution in [0.5, 0.6) is 0 Å². The molecule has 0 bridgehead atoms. The molecule has 0 aliphatic carbocycles. The van der Waals surface area contributed by atoms with E-state index in [0.717, 1.165) is 6.42 Å². The molecule has 0 amide bonds. The van der Waals surface area contributed by atoms with Gasteiger partial charge < -0.3 is 10.6 Å². The Morgan fingerprint density at radius 1 is 1.67 bits per heavy atom. The van der Waals surface area contributed by atoms with Gasteiger partial charge in [0, 0.05) is 12.5 Å². The molecule has 1 aliphatic heterocycles. The molecule has 0 radical (unpaired) electrons. The summed E-state index contributed by atoms with van der Waals surface area (Å²) in [5, 5.41) is 6.60. The molecule has 4 heteroatoms. The molecule has 2 atom stereocenters. The molecule has 2 N–H and O–H groups in total. The van der Waals surface area contributed by atoms with Gasteiger partial charge in [-0.05, 0) is 19.1 Å². The van der Waals surface area contributed by atoms with Gasteiger partial charge in [0.2, 0.25) is 0 Å². The summed E-state index contributed by atoms with van der Waals surface area (Å²) in [4.78, 5) is 0. The fourth-order valence-electron chi connectivity index (χ4n) is 0.836. The minimum absolute atomic E-state index is 0.00810. The Balaban J connectivity index is 2.43. The fraction of sp³-hybridized carbons (Fsp3) is 0.800. The van der Waals surface area contributed by atoms with Gasteiger partial charge >= 0.3 is 0 Å². The highest BCUT2D eigenvalue weighted by Crippen LogP contribution is 2.06. The molecule has 1 rings (SSSR count). The van der Waals surface area contributed by atoms with Gasteiger partial charge in [-0.25, -0.2) is 0 Å². The van der Waals surface area contributed by atoms with Crippen molar-refractivity contribution in [1.29, 1.82) is 0 Å². The first-order valence-corrected chi connectivity index (χ1v) is 3.74. The maximum absolute atomic E-state index is 5.77. The van der Waals surface area contributed by atoms with E-state index in [4.69, 9.17) is 23.8 Å². The Hall–Kier alpha value is -0.0200. The van der Waals surface area contributed by atoms with Crippen molar-refractivity contribution in [2.24, 2.45) is 0 Å². The van der Waals surface area contributed by atoms with E-state index >= 15 is 0 Å². The standard InChI is InChI=1S/C5H9ClN2S/c1-3-2-4(6)8-5(9)7-3/h3-4H,2H2,1H3,(H2,7,8,9). The number of nitrogens with one attached hydrogen (secondary N) is 2. The SMILES string of the molecule is CC1CC(Cl)NC(=S)N1. The summed E-state index contributed by atoms with van der Waals surface area (Å²) in [5.74, 6) is 0. The summed E-state index contributed by atoms with van der Waals surface area (Å²) in [5.41, 5.74) is 0.00810. The van der Waals surface area contributed by atoms with Crippen molar-refractivity contribution < 1.29 is 0 Å². The molecule has 0 aromatic rings. The maximum atomic E-state index is 5.77. The monoisotopic (exact) mass is 164 g/mol. The van der Waals surface area contributed by atoms with Crippen molar-refractivity contribution in [2.75, 3.05) is 0 Å². The van der Waals surface area contributed by atoms with Gasteiger partial charge in [-0.3, -0.25) is 0 Å². The Labute approximate surface area is 65.0 Å². The zero-order chi connectivity index (χ0) is 6.85. The summed E-state index contributed by atoms with van der Waals surface area (Å²) in [6.07, 6.45) is 0.918. The zero-order valence-corrected chi connectivity index (χ0v) is 6.72. The minimum Gasteiger partial charge on any atom is -0.360 e. The van der Waals surface area contributed by atoms with Crippen LogP contribution in [0.15, 0.2) is 0 Å². The molecule has 0 saturated carbocycles. The van der Waals surface area contributed by atoms with Gasteiger partial charge in [0.1, 0.15) is 5.50 Å². The largest absolute Gasteiger partial charge is 0.360 e. The van der Waals surface area contributed by atoms with Crippen molar-refractivity contribution >= 4 is 28.9 Å². The van der Waals surface area contributed by atoms with Crippen LogP contribution in [0.2, 0.25) is 0 Å². The number of rotatable bonds is 0. The van der Waals surface area contributed by atoms with Crippen LogP contribution in [0.1, 0.15) is 13.3 Å². The van der Waals surface area contributed by atoms with Crippen LogP contribution >= 0.6 is 23.8 Å². The van der Waals surface area contributed by atoms with Crippen molar-refractivity contribution in [3.8, 4) is 0 Å². The Bertz CT molecular complexity index is 116. The van der Waals surface area contributed by atoms with Crippen molar-refractivity contribution in [2.45, 2.75) is 24.9 Å². The summed E-state index contributed by atoms with van der Waals surface area (Å²) in [6.45, 7) is 2.06. The van der Waals surface area contributed by atoms with E-state index in [1.54, 1.807) is 0 Å². The lowest BCUT2D eigenvalue weighted by Gasteiger charge is -2.26. The summed E-state index contributed by atoms with van der Waals surface area (Å²) in [6, 6.07) is 0.404. The molecule has 1 aliphatic rings. The van der Waals surface area contributed by atoms with E-state index in [2.05, 4.69) is 17.6 Å². The molecule has 1 heterocycles. The molecule has 2 unspecified atom stereocenters. The highest BCUT2D eigenvalue weighted by atomic mass is 35.5. The molecule has 1 fully saturated rings. The maximum Gasteiger partial charge on any atom is 0.167 e. The smallest absolute Gasteiger partial charge is 0.167 e. The van der Waals surface area contributed by atoms with Gasteiger partial charge in [-0.1, -0.05) is 11.6 Å². The minimum atomic E-state index is 0.00810. The third-order valence-corrected chi connectivity index (χ3v) is 1.75. The number of alkyl halides is 1. The van der Waals surface area contributed by atoms with Crippen LogP contribution in [0.25, 0.3) is 0 Å². The van der Waals surface area contributed by atoms with E-state index in [1.165, 1.54) is 0 Å². The molecule has 2 nitrogen and oxygen atoms in total. The molecule has 9 heavy (non-hydrogen) atoms. The first-order chi connectivity index (χ1) is 4.18.